The predicted molar refractivity (Wildman–Crippen MR) is 46.9 cm³/mol. The van der Waals surface area contributed by atoms with Crippen LogP contribution < -0.4 is 0 Å². The average molecular weight is 193 g/mol. The minimum absolute atomic E-state index is 0.0191. The van der Waals surface area contributed by atoms with E-state index in [0.717, 1.165) is 7.11 Å². The van der Waals surface area contributed by atoms with E-state index in [4.69, 9.17) is 5.26 Å². The normalized spacial score (nSPS) is 13.8. The van der Waals surface area contributed by atoms with Gasteiger partial charge in [-0.3, -0.25) is 0 Å². The molecule has 1 unspecified atom stereocenters. The zero-order valence-corrected chi connectivity index (χ0v) is 7.53. The van der Waals surface area contributed by atoms with Gasteiger partial charge in [-0.25, -0.2) is 9.18 Å². The number of hydrogen-bond donors (Lipinski definition) is 0. The number of carbonyl (C=O) groups is 1. The first kappa shape index (κ1) is 10.2. The number of alkyl halides is 1. The fraction of sp³-hybridized carbons (Fsp3) is 0.200. The Hall–Kier alpha value is -1.89. The van der Waals surface area contributed by atoms with Crippen LogP contribution in [0.1, 0.15) is 5.56 Å². The lowest BCUT2D eigenvalue weighted by molar-refractivity contribution is -0.151. The van der Waals surface area contributed by atoms with Crippen molar-refractivity contribution in [2.45, 2.75) is 5.67 Å². The van der Waals surface area contributed by atoms with E-state index in [9.17, 15) is 9.18 Å². The molecule has 0 aliphatic carbocycles. The van der Waals surface area contributed by atoms with E-state index in [1.807, 2.05) is 0 Å². The average Bonchev–Trinajstić information content (AvgIpc) is 2.28. The maximum atomic E-state index is 13.8. The SMILES string of the molecule is COC(=O)C(F)(C#N)c1ccccc1. The van der Waals surface area contributed by atoms with Crippen molar-refractivity contribution in [3.63, 3.8) is 0 Å². The van der Waals surface area contributed by atoms with Gasteiger partial charge in [0.2, 0.25) is 0 Å². The Morgan fingerprint density at radius 1 is 1.50 bits per heavy atom. The van der Waals surface area contributed by atoms with Gasteiger partial charge in [0, 0.05) is 5.56 Å². The Morgan fingerprint density at radius 2 is 2.07 bits per heavy atom. The van der Waals surface area contributed by atoms with Crippen molar-refractivity contribution in [2.75, 3.05) is 7.11 Å². The number of methoxy groups -OCH3 is 1. The molecular formula is C10H8FNO2. The summed E-state index contributed by atoms with van der Waals surface area (Å²) in [7, 11) is 1.04. The number of benzene rings is 1. The van der Waals surface area contributed by atoms with Crippen LogP contribution in [0.4, 0.5) is 4.39 Å². The molecule has 0 amide bonds. The van der Waals surface area contributed by atoms with Gasteiger partial charge in [-0.15, -0.1) is 0 Å². The summed E-state index contributed by atoms with van der Waals surface area (Å²) in [6.45, 7) is 0. The monoisotopic (exact) mass is 193 g/mol. The number of ether oxygens (including phenoxy) is 1. The minimum Gasteiger partial charge on any atom is -0.466 e. The molecule has 0 spiro atoms. The number of nitriles is 1. The second-order valence-electron chi connectivity index (χ2n) is 2.63. The molecule has 4 heteroatoms. The lowest BCUT2D eigenvalue weighted by Crippen LogP contribution is -2.30. The van der Waals surface area contributed by atoms with E-state index < -0.39 is 11.6 Å². The van der Waals surface area contributed by atoms with Crippen LogP contribution in [0.2, 0.25) is 0 Å². The van der Waals surface area contributed by atoms with Crippen LogP contribution in [-0.2, 0) is 15.2 Å². The van der Waals surface area contributed by atoms with Crippen LogP contribution in [0.25, 0.3) is 0 Å². The summed E-state index contributed by atoms with van der Waals surface area (Å²) in [6.07, 6.45) is 0. The van der Waals surface area contributed by atoms with Gasteiger partial charge in [-0.2, -0.15) is 5.26 Å². The van der Waals surface area contributed by atoms with Crippen molar-refractivity contribution in [3.05, 3.63) is 35.9 Å². The van der Waals surface area contributed by atoms with Crippen molar-refractivity contribution in [2.24, 2.45) is 0 Å². The molecule has 0 saturated carbocycles. The van der Waals surface area contributed by atoms with Crippen LogP contribution in [0.15, 0.2) is 30.3 Å². The number of halogens is 1. The second kappa shape index (κ2) is 3.88. The molecule has 0 N–H and O–H groups in total. The largest absolute Gasteiger partial charge is 0.466 e. The van der Waals surface area contributed by atoms with Gasteiger partial charge in [0.15, 0.2) is 0 Å². The molecule has 0 aromatic heterocycles. The van der Waals surface area contributed by atoms with Gasteiger partial charge in [0.05, 0.1) is 7.11 Å². The molecule has 3 nitrogen and oxygen atoms in total. The quantitative estimate of drug-likeness (QED) is 0.669. The highest BCUT2D eigenvalue weighted by atomic mass is 19.1. The van der Waals surface area contributed by atoms with Crippen LogP contribution in [0.3, 0.4) is 0 Å². The number of nitrogens with zero attached hydrogens (tertiary/aromatic N) is 1. The Morgan fingerprint density at radius 3 is 2.50 bits per heavy atom. The van der Waals surface area contributed by atoms with Crippen LogP contribution in [0, 0.1) is 11.3 Å². The lowest BCUT2D eigenvalue weighted by atomic mass is 9.98. The highest BCUT2D eigenvalue weighted by Gasteiger charge is 2.42. The van der Waals surface area contributed by atoms with Gasteiger partial charge >= 0.3 is 11.6 Å². The van der Waals surface area contributed by atoms with Crippen molar-refractivity contribution >= 4 is 5.97 Å². The van der Waals surface area contributed by atoms with Crippen LogP contribution in [-0.4, -0.2) is 13.1 Å². The molecule has 14 heavy (non-hydrogen) atoms. The number of hydrogen-bond acceptors (Lipinski definition) is 3. The van der Waals surface area contributed by atoms with E-state index in [1.165, 1.54) is 18.2 Å². The Labute approximate surface area is 80.7 Å². The molecule has 0 fully saturated rings. The molecule has 1 aromatic carbocycles. The van der Waals surface area contributed by atoms with E-state index in [0.29, 0.717) is 0 Å². The third kappa shape index (κ3) is 1.57. The summed E-state index contributed by atoms with van der Waals surface area (Å²) in [4.78, 5) is 11.0. The van der Waals surface area contributed by atoms with E-state index in [1.54, 1.807) is 18.2 Å². The number of esters is 1. The second-order valence-corrected chi connectivity index (χ2v) is 2.63. The fourth-order valence-electron chi connectivity index (χ4n) is 1.04. The Bertz CT molecular complexity index is 371. The molecule has 0 heterocycles. The van der Waals surface area contributed by atoms with Crippen molar-refractivity contribution in [1.82, 2.24) is 0 Å². The molecule has 1 aromatic rings. The highest BCUT2D eigenvalue weighted by Crippen LogP contribution is 2.26. The van der Waals surface area contributed by atoms with Crippen molar-refractivity contribution in [1.29, 1.82) is 5.26 Å². The van der Waals surface area contributed by atoms with Gasteiger partial charge in [-0.05, 0) is 0 Å². The minimum atomic E-state index is -2.71. The first-order chi connectivity index (χ1) is 6.65. The summed E-state index contributed by atoms with van der Waals surface area (Å²) in [5, 5.41) is 8.61. The summed E-state index contributed by atoms with van der Waals surface area (Å²) in [5.41, 5.74) is -2.73. The highest BCUT2D eigenvalue weighted by molar-refractivity contribution is 5.84. The molecule has 1 atom stereocenters. The molecule has 0 radical (unpaired) electrons. The summed E-state index contributed by atoms with van der Waals surface area (Å²) < 4.78 is 18.0. The first-order valence-electron chi connectivity index (χ1n) is 3.89. The standard InChI is InChI=1S/C10H8FNO2/c1-14-9(13)10(11,7-12)8-5-3-2-4-6-8/h2-6H,1H3. The van der Waals surface area contributed by atoms with E-state index >= 15 is 0 Å². The number of carbonyl (C=O) groups excluding carboxylic acids is 1. The molecule has 0 aliphatic heterocycles. The smallest absolute Gasteiger partial charge is 0.363 e. The summed E-state index contributed by atoms with van der Waals surface area (Å²) >= 11 is 0. The van der Waals surface area contributed by atoms with Crippen molar-refractivity contribution < 1.29 is 13.9 Å². The zero-order chi connectivity index (χ0) is 10.6. The van der Waals surface area contributed by atoms with Crippen LogP contribution >= 0.6 is 0 Å². The topological polar surface area (TPSA) is 50.1 Å². The van der Waals surface area contributed by atoms with Gasteiger partial charge in [-0.1, -0.05) is 30.3 Å². The summed E-state index contributed by atoms with van der Waals surface area (Å²) in [5.74, 6) is -1.20. The zero-order valence-electron chi connectivity index (χ0n) is 7.53. The Kier molecular flexibility index (Phi) is 2.82. The van der Waals surface area contributed by atoms with Gasteiger partial charge < -0.3 is 4.74 Å². The maximum Gasteiger partial charge on any atom is 0.363 e. The first-order valence-corrected chi connectivity index (χ1v) is 3.89. The van der Waals surface area contributed by atoms with Crippen molar-refractivity contribution in [3.8, 4) is 6.07 Å². The molecule has 0 aliphatic rings. The lowest BCUT2D eigenvalue weighted by Gasteiger charge is -2.14. The van der Waals surface area contributed by atoms with Gasteiger partial charge in [0.25, 0.3) is 0 Å². The molecule has 0 saturated heterocycles. The maximum absolute atomic E-state index is 13.8. The third-order valence-electron chi connectivity index (χ3n) is 1.79. The third-order valence-corrected chi connectivity index (χ3v) is 1.79. The van der Waals surface area contributed by atoms with Gasteiger partial charge in [0.1, 0.15) is 6.07 Å². The Balaban J connectivity index is 3.17. The molecular weight excluding hydrogens is 185 g/mol. The summed E-state index contributed by atoms with van der Waals surface area (Å²) in [6, 6.07) is 8.78. The van der Waals surface area contributed by atoms with E-state index in [-0.39, 0.29) is 5.56 Å². The van der Waals surface area contributed by atoms with Crippen LogP contribution in [0.5, 0.6) is 0 Å². The van der Waals surface area contributed by atoms with E-state index in [2.05, 4.69) is 4.74 Å². The molecule has 72 valence electrons. The molecule has 1 rings (SSSR count). The molecule has 0 bridgehead atoms. The predicted octanol–water partition coefficient (Wildman–Crippen LogP) is 1.55. The number of rotatable bonds is 2. The fourth-order valence-corrected chi connectivity index (χ4v) is 1.04.